The van der Waals surface area contributed by atoms with Gasteiger partial charge in [-0.05, 0) is 38.0 Å². The van der Waals surface area contributed by atoms with Gasteiger partial charge in [0.05, 0.1) is 44.5 Å². The number of nitrogens with one attached hydrogen (secondary N) is 2. The third-order valence-corrected chi connectivity index (χ3v) is 6.01. The van der Waals surface area contributed by atoms with E-state index in [-0.39, 0.29) is 18.0 Å². The van der Waals surface area contributed by atoms with Crippen molar-refractivity contribution in [2.24, 2.45) is 0 Å². The standard InChI is InChI=1S/C25H35N3O2/c1-4-11-22(21-12-7-6-8-13-21)26-25(29)20(3)27-16-18-28(19-17-27)23-14-9-10-15-24(23)30-5-2/h6-10,12-15,20,22H,4-5,11,16-19H2,1-3H3,(H,26,29)/p+1/t20-,22+/m0/s1. The van der Waals surface area contributed by atoms with Crippen molar-refractivity contribution in [2.75, 3.05) is 37.7 Å². The topological polar surface area (TPSA) is 46.0 Å². The second-order valence-corrected chi connectivity index (χ2v) is 8.03. The third kappa shape index (κ3) is 5.54. The van der Waals surface area contributed by atoms with Crippen molar-refractivity contribution >= 4 is 11.6 Å². The number of quaternary nitrogens is 1. The van der Waals surface area contributed by atoms with Crippen LogP contribution in [0.15, 0.2) is 54.6 Å². The number of rotatable bonds is 9. The SMILES string of the molecule is CCC[C@@H](NC(=O)[C@H](C)[NH+]1CCN(c2ccccc2OCC)CC1)c1ccccc1. The predicted octanol–water partition coefficient (Wildman–Crippen LogP) is 2.84. The van der Waals surface area contributed by atoms with Crippen molar-refractivity contribution in [3.8, 4) is 5.75 Å². The van der Waals surface area contributed by atoms with Crippen molar-refractivity contribution in [3.05, 3.63) is 60.2 Å². The zero-order chi connectivity index (χ0) is 21.3. The Bertz CT molecular complexity index is 788. The summed E-state index contributed by atoms with van der Waals surface area (Å²) in [6, 6.07) is 18.6. The molecule has 1 aliphatic heterocycles. The monoisotopic (exact) mass is 410 g/mol. The van der Waals surface area contributed by atoms with Gasteiger partial charge >= 0.3 is 0 Å². The number of piperazine rings is 1. The highest BCUT2D eigenvalue weighted by Gasteiger charge is 2.31. The van der Waals surface area contributed by atoms with Gasteiger partial charge in [0.1, 0.15) is 5.75 Å². The lowest BCUT2D eigenvalue weighted by molar-refractivity contribution is -0.914. The van der Waals surface area contributed by atoms with Crippen LogP contribution in [0.1, 0.15) is 45.2 Å². The van der Waals surface area contributed by atoms with Crippen LogP contribution in [-0.4, -0.2) is 44.7 Å². The molecule has 0 unspecified atom stereocenters. The summed E-state index contributed by atoms with van der Waals surface area (Å²) in [4.78, 5) is 16.8. The molecular formula is C25H36N3O2+. The Labute approximate surface area is 181 Å². The van der Waals surface area contributed by atoms with Crippen LogP contribution in [0.3, 0.4) is 0 Å². The number of amides is 1. The zero-order valence-corrected chi connectivity index (χ0v) is 18.6. The summed E-state index contributed by atoms with van der Waals surface area (Å²) < 4.78 is 5.80. The molecule has 0 bridgehead atoms. The first-order chi connectivity index (χ1) is 14.6. The fraction of sp³-hybridized carbons (Fsp3) is 0.480. The summed E-state index contributed by atoms with van der Waals surface area (Å²) in [5.41, 5.74) is 2.34. The molecule has 3 rings (SSSR count). The van der Waals surface area contributed by atoms with E-state index in [1.165, 1.54) is 10.5 Å². The van der Waals surface area contributed by atoms with Gasteiger partial charge in [-0.2, -0.15) is 0 Å². The van der Waals surface area contributed by atoms with Crippen LogP contribution in [0, 0.1) is 0 Å². The predicted molar refractivity (Wildman–Crippen MR) is 122 cm³/mol. The Morgan fingerprint density at radius 3 is 2.40 bits per heavy atom. The molecule has 162 valence electrons. The second-order valence-electron chi connectivity index (χ2n) is 8.03. The van der Waals surface area contributed by atoms with Gasteiger partial charge in [-0.25, -0.2) is 0 Å². The Morgan fingerprint density at radius 2 is 1.73 bits per heavy atom. The molecule has 2 aromatic carbocycles. The van der Waals surface area contributed by atoms with Crippen LogP contribution in [-0.2, 0) is 4.79 Å². The Hall–Kier alpha value is -2.53. The highest BCUT2D eigenvalue weighted by atomic mass is 16.5. The molecule has 30 heavy (non-hydrogen) atoms. The molecule has 2 atom stereocenters. The minimum Gasteiger partial charge on any atom is -0.492 e. The van der Waals surface area contributed by atoms with Gasteiger partial charge in [-0.3, -0.25) is 4.79 Å². The third-order valence-electron chi connectivity index (χ3n) is 6.01. The van der Waals surface area contributed by atoms with E-state index in [1.54, 1.807) is 0 Å². The molecule has 5 nitrogen and oxygen atoms in total. The fourth-order valence-corrected chi connectivity index (χ4v) is 4.24. The Balaban J connectivity index is 1.58. The summed E-state index contributed by atoms with van der Waals surface area (Å²) in [6.45, 7) is 10.6. The van der Waals surface area contributed by atoms with Crippen LogP contribution >= 0.6 is 0 Å². The number of hydrogen-bond donors (Lipinski definition) is 2. The fourth-order valence-electron chi connectivity index (χ4n) is 4.24. The first kappa shape index (κ1) is 22.2. The van der Waals surface area contributed by atoms with E-state index in [1.807, 2.05) is 37.3 Å². The number of nitrogens with zero attached hydrogens (tertiary/aromatic N) is 1. The molecule has 5 heteroatoms. The molecule has 2 N–H and O–H groups in total. The molecule has 0 aromatic heterocycles. The molecule has 0 radical (unpaired) electrons. The minimum atomic E-state index is -0.0580. The van der Waals surface area contributed by atoms with E-state index in [2.05, 4.69) is 48.3 Å². The average Bonchev–Trinajstić information content (AvgIpc) is 2.79. The van der Waals surface area contributed by atoms with Crippen LogP contribution in [0.25, 0.3) is 0 Å². The molecule has 0 spiro atoms. The van der Waals surface area contributed by atoms with Crippen LogP contribution in [0.5, 0.6) is 5.75 Å². The largest absolute Gasteiger partial charge is 0.492 e. The minimum absolute atomic E-state index is 0.0580. The first-order valence-electron chi connectivity index (χ1n) is 11.3. The summed E-state index contributed by atoms with van der Waals surface area (Å²) >= 11 is 0. The maximum atomic E-state index is 13.0. The maximum Gasteiger partial charge on any atom is 0.278 e. The lowest BCUT2D eigenvalue weighted by Gasteiger charge is -2.36. The van der Waals surface area contributed by atoms with Crippen LogP contribution in [0.2, 0.25) is 0 Å². The highest BCUT2D eigenvalue weighted by Crippen LogP contribution is 2.27. The van der Waals surface area contributed by atoms with Crippen molar-refractivity contribution < 1.29 is 14.4 Å². The number of carbonyl (C=O) groups excluding carboxylic acids is 1. The van der Waals surface area contributed by atoms with Crippen LogP contribution in [0.4, 0.5) is 5.69 Å². The summed E-state index contributed by atoms with van der Waals surface area (Å²) in [5.74, 6) is 1.09. The first-order valence-corrected chi connectivity index (χ1v) is 11.3. The zero-order valence-electron chi connectivity index (χ0n) is 18.6. The summed E-state index contributed by atoms with van der Waals surface area (Å²) in [7, 11) is 0. The summed E-state index contributed by atoms with van der Waals surface area (Å²) in [5, 5.41) is 3.31. The molecule has 2 aromatic rings. The molecule has 1 amide bonds. The van der Waals surface area contributed by atoms with Gasteiger partial charge in [-0.1, -0.05) is 55.8 Å². The van der Waals surface area contributed by atoms with Gasteiger partial charge in [0, 0.05) is 0 Å². The van der Waals surface area contributed by atoms with Crippen molar-refractivity contribution in [2.45, 2.75) is 45.7 Å². The molecule has 1 aliphatic rings. The van der Waals surface area contributed by atoms with Crippen molar-refractivity contribution in [1.29, 1.82) is 0 Å². The van der Waals surface area contributed by atoms with E-state index in [4.69, 9.17) is 4.74 Å². The quantitative estimate of drug-likeness (QED) is 0.668. The smallest absolute Gasteiger partial charge is 0.278 e. The van der Waals surface area contributed by atoms with Crippen molar-refractivity contribution in [3.63, 3.8) is 0 Å². The van der Waals surface area contributed by atoms with Gasteiger partial charge in [0.2, 0.25) is 0 Å². The van der Waals surface area contributed by atoms with Gasteiger partial charge < -0.3 is 19.9 Å². The normalized spacial score (nSPS) is 16.7. The highest BCUT2D eigenvalue weighted by molar-refractivity contribution is 5.80. The molecule has 0 saturated carbocycles. The average molecular weight is 411 g/mol. The summed E-state index contributed by atoms with van der Waals surface area (Å²) in [6.07, 6.45) is 2.00. The van der Waals surface area contributed by atoms with Gasteiger partial charge in [-0.15, -0.1) is 0 Å². The van der Waals surface area contributed by atoms with E-state index in [0.717, 1.165) is 50.5 Å². The molecule has 1 fully saturated rings. The van der Waals surface area contributed by atoms with Crippen molar-refractivity contribution in [1.82, 2.24) is 5.32 Å². The maximum absolute atomic E-state index is 13.0. The Morgan fingerprint density at radius 1 is 1.07 bits per heavy atom. The molecular weight excluding hydrogens is 374 g/mol. The lowest BCUT2D eigenvalue weighted by Crippen LogP contribution is -3.19. The molecule has 0 aliphatic carbocycles. The number of carbonyl (C=O) groups is 1. The number of anilines is 1. The molecule has 1 heterocycles. The lowest BCUT2D eigenvalue weighted by atomic mass is 10.0. The van der Waals surface area contributed by atoms with Crippen LogP contribution < -0.4 is 19.9 Å². The van der Waals surface area contributed by atoms with E-state index < -0.39 is 0 Å². The van der Waals surface area contributed by atoms with Gasteiger partial charge in [0.25, 0.3) is 5.91 Å². The van der Waals surface area contributed by atoms with Gasteiger partial charge in [0.15, 0.2) is 6.04 Å². The second kappa shape index (κ2) is 11.0. The van der Waals surface area contributed by atoms with E-state index in [0.29, 0.717) is 6.61 Å². The number of benzene rings is 2. The molecule has 1 saturated heterocycles. The number of para-hydroxylation sites is 2. The number of hydrogen-bond acceptors (Lipinski definition) is 3. The van der Waals surface area contributed by atoms with E-state index in [9.17, 15) is 4.79 Å². The Kier molecular flexibility index (Phi) is 8.14. The van der Waals surface area contributed by atoms with E-state index >= 15 is 0 Å². The number of ether oxygens (including phenoxy) is 1.